The number of nitrogens with one attached hydrogen (secondary N) is 1. The Bertz CT molecular complexity index is 321. The van der Waals surface area contributed by atoms with Gasteiger partial charge >= 0.3 is 0 Å². The van der Waals surface area contributed by atoms with Crippen molar-refractivity contribution >= 4 is 0 Å². The van der Waals surface area contributed by atoms with Crippen LogP contribution in [0.1, 0.15) is 37.8 Å². The van der Waals surface area contributed by atoms with E-state index in [1.165, 1.54) is 18.4 Å². The Morgan fingerprint density at radius 1 is 1.29 bits per heavy atom. The Balaban J connectivity index is 1.98. The molecular formula is C15H23NO. The molecule has 0 aromatic heterocycles. The van der Waals surface area contributed by atoms with Crippen molar-refractivity contribution in [1.82, 2.24) is 5.32 Å². The third kappa shape index (κ3) is 3.55. The third-order valence-corrected chi connectivity index (χ3v) is 3.49. The fourth-order valence-corrected chi connectivity index (χ4v) is 2.22. The maximum atomic E-state index is 6.06. The Hall–Kier alpha value is -0.860. The molecule has 2 heteroatoms. The van der Waals surface area contributed by atoms with Crippen molar-refractivity contribution in [3.05, 3.63) is 35.9 Å². The molecular weight excluding hydrogens is 210 g/mol. The van der Waals surface area contributed by atoms with E-state index >= 15 is 0 Å². The predicted octanol–water partition coefficient (Wildman–Crippen LogP) is 3.15. The second-order valence-corrected chi connectivity index (χ2v) is 4.90. The van der Waals surface area contributed by atoms with Crippen LogP contribution in [-0.4, -0.2) is 19.8 Å². The lowest BCUT2D eigenvalue weighted by atomic mass is 10.00. The van der Waals surface area contributed by atoms with E-state index in [-0.39, 0.29) is 6.10 Å². The molecule has 2 atom stereocenters. The minimum atomic E-state index is 0.281. The molecule has 1 fully saturated rings. The molecule has 1 aliphatic carbocycles. The molecule has 17 heavy (non-hydrogen) atoms. The SMILES string of the molecule is CCC(OCC1CC1)C(NC)c1ccccc1. The Morgan fingerprint density at radius 2 is 2.00 bits per heavy atom. The van der Waals surface area contributed by atoms with Crippen LogP contribution in [0.25, 0.3) is 0 Å². The number of hydrogen-bond acceptors (Lipinski definition) is 2. The number of ether oxygens (including phenoxy) is 1. The van der Waals surface area contributed by atoms with E-state index in [2.05, 4.69) is 42.6 Å². The van der Waals surface area contributed by atoms with Crippen molar-refractivity contribution < 1.29 is 4.74 Å². The summed E-state index contributed by atoms with van der Waals surface area (Å²) in [7, 11) is 2.01. The van der Waals surface area contributed by atoms with Gasteiger partial charge in [0.2, 0.25) is 0 Å². The van der Waals surface area contributed by atoms with Crippen molar-refractivity contribution in [1.29, 1.82) is 0 Å². The summed E-state index contributed by atoms with van der Waals surface area (Å²) in [4.78, 5) is 0. The van der Waals surface area contributed by atoms with Crippen LogP contribution in [0.4, 0.5) is 0 Å². The summed E-state index contributed by atoms with van der Waals surface area (Å²) in [6.07, 6.45) is 4.04. The molecule has 1 aliphatic rings. The fraction of sp³-hybridized carbons (Fsp3) is 0.600. The molecule has 1 aromatic carbocycles. The van der Waals surface area contributed by atoms with Crippen molar-refractivity contribution in [2.24, 2.45) is 5.92 Å². The first-order valence-corrected chi connectivity index (χ1v) is 6.69. The quantitative estimate of drug-likeness (QED) is 0.781. The molecule has 0 heterocycles. The number of hydrogen-bond donors (Lipinski definition) is 1. The highest BCUT2D eigenvalue weighted by molar-refractivity contribution is 5.20. The van der Waals surface area contributed by atoms with Crippen LogP contribution in [0.5, 0.6) is 0 Å². The number of benzene rings is 1. The average Bonchev–Trinajstić information content (AvgIpc) is 3.19. The second kappa shape index (κ2) is 6.18. The van der Waals surface area contributed by atoms with Crippen molar-refractivity contribution in [2.45, 2.75) is 38.3 Å². The highest BCUT2D eigenvalue weighted by Crippen LogP contribution is 2.31. The van der Waals surface area contributed by atoms with E-state index in [1.54, 1.807) is 0 Å². The summed E-state index contributed by atoms with van der Waals surface area (Å²) in [6, 6.07) is 10.9. The van der Waals surface area contributed by atoms with Gasteiger partial charge in [0.1, 0.15) is 0 Å². The normalized spacial score (nSPS) is 18.9. The molecule has 0 saturated heterocycles. The highest BCUT2D eigenvalue weighted by Gasteiger charge is 2.26. The second-order valence-electron chi connectivity index (χ2n) is 4.90. The summed E-state index contributed by atoms with van der Waals surface area (Å²) in [5.41, 5.74) is 1.32. The average molecular weight is 233 g/mol. The third-order valence-electron chi connectivity index (χ3n) is 3.49. The lowest BCUT2D eigenvalue weighted by molar-refractivity contribution is 0.0189. The predicted molar refractivity (Wildman–Crippen MR) is 71.0 cm³/mol. The van der Waals surface area contributed by atoms with Gasteiger partial charge in [-0.1, -0.05) is 37.3 Å². The molecule has 1 aromatic rings. The molecule has 1 N–H and O–H groups in total. The minimum absolute atomic E-state index is 0.281. The lowest BCUT2D eigenvalue weighted by Crippen LogP contribution is -2.31. The summed E-state index contributed by atoms with van der Waals surface area (Å²) in [5.74, 6) is 0.831. The topological polar surface area (TPSA) is 21.3 Å². The standard InChI is InChI=1S/C15H23NO/c1-3-14(17-11-12-9-10-12)15(16-2)13-7-5-4-6-8-13/h4-8,12,14-16H,3,9-11H2,1-2H3. The first-order valence-electron chi connectivity index (χ1n) is 6.69. The van der Waals surface area contributed by atoms with E-state index in [1.807, 2.05) is 7.05 Å². The van der Waals surface area contributed by atoms with Gasteiger partial charge in [-0.3, -0.25) is 0 Å². The first-order chi connectivity index (χ1) is 8.35. The van der Waals surface area contributed by atoms with Gasteiger partial charge in [0.15, 0.2) is 0 Å². The molecule has 0 amide bonds. The molecule has 2 nitrogen and oxygen atoms in total. The summed E-state index contributed by atoms with van der Waals surface area (Å²) < 4.78 is 6.06. The van der Waals surface area contributed by atoms with E-state index in [0.29, 0.717) is 6.04 Å². The van der Waals surface area contributed by atoms with Gasteiger partial charge in [-0.2, -0.15) is 0 Å². The van der Waals surface area contributed by atoms with Crippen LogP contribution in [-0.2, 0) is 4.74 Å². The van der Waals surface area contributed by atoms with E-state index in [0.717, 1.165) is 18.9 Å². The van der Waals surface area contributed by atoms with Gasteiger partial charge in [-0.25, -0.2) is 0 Å². The van der Waals surface area contributed by atoms with Gasteiger partial charge in [0.05, 0.1) is 12.1 Å². The Morgan fingerprint density at radius 3 is 2.53 bits per heavy atom. The molecule has 94 valence electrons. The van der Waals surface area contributed by atoms with Crippen LogP contribution < -0.4 is 5.32 Å². The summed E-state index contributed by atoms with van der Waals surface area (Å²) in [5, 5.41) is 3.39. The molecule has 0 radical (unpaired) electrons. The fourth-order valence-electron chi connectivity index (χ4n) is 2.22. The number of likely N-dealkylation sites (N-methyl/N-ethyl adjacent to an activating group) is 1. The van der Waals surface area contributed by atoms with Gasteiger partial charge in [0.25, 0.3) is 0 Å². The first kappa shape index (κ1) is 12.6. The van der Waals surface area contributed by atoms with Crippen LogP contribution in [0.15, 0.2) is 30.3 Å². The molecule has 0 spiro atoms. The van der Waals surface area contributed by atoms with Crippen LogP contribution in [0.2, 0.25) is 0 Å². The smallest absolute Gasteiger partial charge is 0.0767 e. The van der Waals surface area contributed by atoms with Crippen LogP contribution in [0.3, 0.4) is 0 Å². The zero-order valence-corrected chi connectivity index (χ0v) is 10.9. The Labute approximate surface area is 104 Å². The highest BCUT2D eigenvalue weighted by atomic mass is 16.5. The lowest BCUT2D eigenvalue weighted by Gasteiger charge is -2.26. The van der Waals surface area contributed by atoms with Gasteiger partial charge < -0.3 is 10.1 Å². The summed E-state index contributed by atoms with van der Waals surface area (Å²) in [6.45, 7) is 3.13. The zero-order valence-electron chi connectivity index (χ0n) is 10.9. The number of rotatable bonds is 7. The summed E-state index contributed by atoms with van der Waals surface area (Å²) >= 11 is 0. The van der Waals surface area contributed by atoms with Crippen LogP contribution >= 0.6 is 0 Å². The van der Waals surface area contributed by atoms with Gasteiger partial charge in [-0.05, 0) is 37.8 Å². The van der Waals surface area contributed by atoms with Crippen LogP contribution in [0, 0.1) is 5.92 Å². The molecule has 1 saturated carbocycles. The maximum absolute atomic E-state index is 6.06. The van der Waals surface area contributed by atoms with Crippen molar-refractivity contribution in [3.8, 4) is 0 Å². The van der Waals surface area contributed by atoms with Crippen molar-refractivity contribution in [3.63, 3.8) is 0 Å². The molecule has 2 rings (SSSR count). The maximum Gasteiger partial charge on any atom is 0.0767 e. The Kier molecular flexibility index (Phi) is 4.57. The van der Waals surface area contributed by atoms with Gasteiger partial charge in [-0.15, -0.1) is 0 Å². The zero-order chi connectivity index (χ0) is 12.1. The largest absolute Gasteiger partial charge is 0.376 e. The molecule has 2 unspecified atom stereocenters. The molecule has 0 bridgehead atoms. The van der Waals surface area contributed by atoms with Gasteiger partial charge in [0, 0.05) is 6.61 Å². The van der Waals surface area contributed by atoms with E-state index < -0.39 is 0 Å². The van der Waals surface area contributed by atoms with E-state index in [9.17, 15) is 0 Å². The van der Waals surface area contributed by atoms with E-state index in [4.69, 9.17) is 4.74 Å². The monoisotopic (exact) mass is 233 g/mol. The van der Waals surface area contributed by atoms with Crippen molar-refractivity contribution in [2.75, 3.05) is 13.7 Å². The molecule has 0 aliphatic heterocycles. The minimum Gasteiger partial charge on any atom is -0.376 e.